The van der Waals surface area contributed by atoms with Crippen LogP contribution in [0.25, 0.3) is 0 Å². The Morgan fingerprint density at radius 3 is 1.98 bits per heavy atom. The van der Waals surface area contributed by atoms with Crippen molar-refractivity contribution in [3.05, 3.63) is 132 Å². The largest absolute Gasteiger partial charge is 0.355 e. The smallest absolute Gasteiger partial charge is 0.264 e. The zero-order valence-corrected chi connectivity index (χ0v) is 24.1. The van der Waals surface area contributed by atoms with E-state index in [0.717, 1.165) is 21.0 Å². The minimum absolute atomic E-state index is 0.0754. The van der Waals surface area contributed by atoms with Crippen molar-refractivity contribution in [3.8, 4) is 0 Å². The quantitative estimate of drug-likeness (QED) is 0.261. The van der Waals surface area contributed by atoms with E-state index in [0.29, 0.717) is 12.2 Å². The molecule has 4 aromatic rings. The third-order valence-corrected chi connectivity index (χ3v) is 8.50. The van der Waals surface area contributed by atoms with E-state index in [1.165, 1.54) is 17.0 Å². The van der Waals surface area contributed by atoms with Crippen LogP contribution in [0, 0.1) is 6.92 Å². The number of aryl methyl sites for hydroxylation is 1. The molecule has 1 N–H and O–H groups in total. The van der Waals surface area contributed by atoms with E-state index in [1.807, 2.05) is 68.4 Å². The minimum atomic E-state index is -4.09. The summed E-state index contributed by atoms with van der Waals surface area (Å²) >= 11 is 0. The maximum absolute atomic E-state index is 14.3. The summed E-state index contributed by atoms with van der Waals surface area (Å²) in [6, 6.07) is 33.0. The van der Waals surface area contributed by atoms with Gasteiger partial charge < -0.3 is 10.2 Å². The predicted molar refractivity (Wildman–Crippen MR) is 162 cm³/mol. The zero-order valence-electron chi connectivity index (χ0n) is 23.3. The van der Waals surface area contributed by atoms with Crippen molar-refractivity contribution in [2.24, 2.45) is 0 Å². The number of nitrogens with zero attached hydrogens (tertiary/aromatic N) is 2. The molecule has 1 atom stereocenters. The fraction of sp³-hybridized carbons (Fsp3) is 0.212. The molecule has 0 aliphatic carbocycles. The summed E-state index contributed by atoms with van der Waals surface area (Å²) in [4.78, 5) is 29.3. The van der Waals surface area contributed by atoms with Crippen molar-refractivity contribution in [3.63, 3.8) is 0 Å². The molecule has 0 aliphatic rings. The van der Waals surface area contributed by atoms with E-state index in [-0.39, 0.29) is 23.8 Å². The monoisotopic (exact) mass is 569 g/mol. The fourth-order valence-corrected chi connectivity index (χ4v) is 6.13. The van der Waals surface area contributed by atoms with E-state index < -0.39 is 28.5 Å². The van der Waals surface area contributed by atoms with Crippen LogP contribution in [0.4, 0.5) is 5.69 Å². The number of rotatable bonds is 12. The number of anilines is 1. The molecule has 0 heterocycles. The van der Waals surface area contributed by atoms with Gasteiger partial charge in [-0.1, -0.05) is 96.6 Å². The molecule has 41 heavy (non-hydrogen) atoms. The van der Waals surface area contributed by atoms with E-state index in [4.69, 9.17) is 0 Å². The third-order valence-electron chi connectivity index (χ3n) is 6.71. The van der Waals surface area contributed by atoms with E-state index in [9.17, 15) is 18.0 Å². The Balaban J connectivity index is 1.77. The highest BCUT2D eigenvalue weighted by atomic mass is 32.2. The first-order valence-corrected chi connectivity index (χ1v) is 15.0. The molecule has 0 aromatic heterocycles. The highest BCUT2D eigenvalue weighted by Gasteiger charge is 2.34. The highest BCUT2D eigenvalue weighted by molar-refractivity contribution is 7.92. The van der Waals surface area contributed by atoms with E-state index in [1.54, 1.807) is 48.5 Å². The van der Waals surface area contributed by atoms with Crippen LogP contribution >= 0.6 is 0 Å². The number of para-hydroxylation sites is 1. The van der Waals surface area contributed by atoms with E-state index in [2.05, 4.69) is 5.32 Å². The first-order valence-electron chi connectivity index (χ1n) is 13.6. The number of sulfonamides is 1. The van der Waals surface area contributed by atoms with Gasteiger partial charge in [0.2, 0.25) is 11.8 Å². The summed E-state index contributed by atoms with van der Waals surface area (Å²) in [7, 11) is -4.09. The number of likely N-dealkylation sites (N-methyl/N-ethyl adjacent to an activating group) is 1. The minimum Gasteiger partial charge on any atom is -0.355 e. The fourth-order valence-electron chi connectivity index (χ4n) is 4.70. The van der Waals surface area contributed by atoms with Crippen LogP contribution in [-0.4, -0.2) is 44.3 Å². The molecule has 212 valence electrons. The van der Waals surface area contributed by atoms with Crippen molar-refractivity contribution in [1.29, 1.82) is 0 Å². The lowest BCUT2D eigenvalue weighted by Crippen LogP contribution is -2.53. The van der Waals surface area contributed by atoms with Gasteiger partial charge in [-0.25, -0.2) is 8.42 Å². The number of hydrogen-bond acceptors (Lipinski definition) is 4. The van der Waals surface area contributed by atoms with Crippen molar-refractivity contribution in [2.45, 2.75) is 37.8 Å². The molecule has 0 radical (unpaired) electrons. The third kappa shape index (κ3) is 7.61. The van der Waals surface area contributed by atoms with Gasteiger partial charge in [-0.15, -0.1) is 0 Å². The number of hydrogen-bond donors (Lipinski definition) is 1. The molecule has 7 nitrogen and oxygen atoms in total. The molecule has 0 saturated heterocycles. The Morgan fingerprint density at radius 2 is 1.37 bits per heavy atom. The topological polar surface area (TPSA) is 86.8 Å². The van der Waals surface area contributed by atoms with Crippen molar-refractivity contribution >= 4 is 27.5 Å². The van der Waals surface area contributed by atoms with Gasteiger partial charge in [0.05, 0.1) is 10.6 Å². The molecular formula is C33H35N3O4S. The summed E-state index contributed by atoms with van der Waals surface area (Å²) in [5.41, 5.74) is 3.11. The Labute approximate surface area is 242 Å². The second kappa shape index (κ2) is 13.8. The highest BCUT2D eigenvalue weighted by Crippen LogP contribution is 2.25. The van der Waals surface area contributed by atoms with Gasteiger partial charge in [0, 0.05) is 19.5 Å². The average Bonchev–Trinajstić information content (AvgIpc) is 2.99. The Kier molecular flexibility index (Phi) is 9.92. The lowest BCUT2D eigenvalue weighted by molar-refractivity contribution is -0.140. The zero-order chi connectivity index (χ0) is 29.2. The van der Waals surface area contributed by atoms with Crippen LogP contribution in [0.2, 0.25) is 0 Å². The van der Waals surface area contributed by atoms with Gasteiger partial charge >= 0.3 is 0 Å². The summed E-state index contributed by atoms with van der Waals surface area (Å²) in [6.07, 6.45) is 0.279. The van der Waals surface area contributed by atoms with Crippen LogP contribution in [-0.2, 0) is 32.6 Å². The number of carbonyl (C=O) groups is 2. The van der Waals surface area contributed by atoms with Gasteiger partial charge in [-0.3, -0.25) is 13.9 Å². The SMILES string of the molecule is CCNC(=O)C(Cc1ccccc1)N(Cc1cccc(C)c1)C(=O)CN(c1ccccc1)S(=O)(=O)c1ccccc1. The lowest BCUT2D eigenvalue weighted by Gasteiger charge is -2.34. The van der Waals surface area contributed by atoms with Gasteiger partial charge in [0.1, 0.15) is 12.6 Å². The van der Waals surface area contributed by atoms with Crippen molar-refractivity contribution in [1.82, 2.24) is 10.2 Å². The van der Waals surface area contributed by atoms with Crippen LogP contribution in [0.3, 0.4) is 0 Å². The Bertz CT molecular complexity index is 1550. The predicted octanol–water partition coefficient (Wildman–Crippen LogP) is 4.97. The number of nitrogens with one attached hydrogen (secondary N) is 1. The molecule has 0 spiro atoms. The van der Waals surface area contributed by atoms with Crippen molar-refractivity contribution in [2.75, 3.05) is 17.4 Å². The molecule has 2 amide bonds. The summed E-state index contributed by atoms with van der Waals surface area (Å²) in [6.45, 7) is 3.86. The Morgan fingerprint density at radius 1 is 0.780 bits per heavy atom. The first-order chi connectivity index (χ1) is 19.8. The number of carbonyl (C=O) groups excluding carboxylic acids is 2. The summed E-state index contributed by atoms with van der Waals surface area (Å²) < 4.78 is 28.9. The van der Waals surface area contributed by atoms with Gasteiger partial charge in [-0.05, 0) is 49.2 Å². The lowest BCUT2D eigenvalue weighted by atomic mass is 10.0. The molecule has 1 unspecified atom stereocenters. The van der Waals surface area contributed by atoms with Gasteiger partial charge in [0.15, 0.2) is 0 Å². The molecule has 0 aliphatic heterocycles. The second-order valence-corrected chi connectivity index (χ2v) is 11.6. The molecule has 4 rings (SSSR count). The average molecular weight is 570 g/mol. The Hall–Kier alpha value is -4.43. The molecule has 0 bridgehead atoms. The summed E-state index contributed by atoms with van der Waals surface area (Å²) in [5.74, 6) is -0.781. The first kappa shape index (κ1) is 29.6. The number of benzene rings is 4. The normalized spacial score (nSPS) is 11.9. The van der Waals surface area contributed by atoms with Crippen molar-refractivity contribution < 1.29 is 18.0 Å². The van der Waals surface area contributed by atoms with Gasteiger partial charge in [0.25, 0.3) is 10.0 Å². The van der Waals surface area contributed by atoms with Crippen LogP contribution in [0.1, 0.15) is 23.6 Å². The summed E-state index contributed by atoms with van der Waals surface area (Å²) in [5, 5.41) is 2.87. The maximum atomic E-state index is 14.3. The standard InChI is InChI=1S/C33H35N3O4S/c1-3-34-33(38)31(23-27-15-7-4-8-16-27)35(24-28-17-13-14-26(2)22-28)32(37)25-36(29-18-9-5-10-19-29)41(39,40)30-20-11-6-12-21-30/h4-22,31H,3,23-25H2,1-2H3,(H,34,38). The molecule has 8 heteroatoms. The maximum Gasteiger partial charge on any atom is 0.264 e. The molecule has 0 fully saturated rings. The second-order valence-electron chi connectivity index (χ2n) is 9.77. The number of amides is 2. The molecule has 4 aromatic carbocycles. The van der Waals surface area contributed by atoms with Crippen LogP contribution in [0.5, 0.6) is 0 Å². The molecule has 0 saturated carbocycles. The van der Waals surface area contributed by atoms with Crippen LogP contribution < -0.4 is 9.62 Å². The molecular weight excluding hydrogens is 534 g/mol. The van der Waals surface area contributed by atoms with Gasteiger partial charge in [-0.2, -0.15) is 0 Å². The van der Waals surface area contributed by atoms with E-state index >= 15 is 0 Å². The van der Waals surface area contributed by atoms with Crippen LogP contribution in [0.15, 0.2) is 120 Å².